The number of urea groups is 1. The zero-order valence-corrected chi connectivity index (χ0v) is 11.4. The van der Waals surface area contributed by atoms with Crippen LogP contribution in [0.5, 0.6) is 0 Å². The molecule has 20 heavy (non-hydrogen) atoms. The van der Waals surface area contributed by atoms with Crippen LogP contribution >= 0.6 is 0 Å². The maximum atomic E-state index is 12.8. The molecule has 0 saturated carbocycles. The molecule has 0 spiro atoms. The number of benzene rings is 1. The van der Waals surface area contributed by atoms with Crippen molar-refractivity contribution >= 4 is 11.7 Å². The standard InChI is InChI=1S/C13H18F3N3O/c1-17-8-5-9-19(2)12(20)18-11-7-4-3-6-10(11)13(14,15)16/h3-4,6-7,17H,5,8-9H2,1-2H3,(H,18,20). The van der Waals surface area contributed by atoms with E-state index in [2.05, 4.69) is 10.6 Å². The minimum absolute atomic E-state index is 0.231. The second kappa shape index (κ2) is 7.14. The van der Waals surface area contributed by atoms with E-state index in [1.165, 1.54) is 23.1 Å². The van der Waals surface area contributed by atoms with Crippen LogP contribution in [0.2, 0.25) is 0 Å². The van der Waals surface area contributed by atoms with E-state index in [1.54, 1.807) is 14.1 Å². The minimum atomic E-state index is -4.49. The number of amides is 2. The molecule has 2 N–H and O–H groups in total. The van der Waals surface area contributed by atoms with E-state index in [0.29, 0.717) is 6.54 Å². The van der Waals surface area contributed by atoms with Gasteiger partial charge in [-0.3, -0.25) is 0 Å². The fraction of sp³-hybridized carbons (Fsp3) is 0.462. The van der Waals surface area contributed by atoms with Crippen LogP contribution in [0.4, 0.5) is 23.7 Å². The highest BCUT2D eigenvalue weighted by molar-refractivity contribution is 5.90. The van der Waals surface area contributed by atoms with E-state index in [1.807, 2.05) is 0 Å². The van der Waals surface area contributed by atoms with E-state index in [4.69, 9.17) is 0 Å². The van der Waals surface area contributed by atoms with Gasteiger partial charge in [-0.05, 0) is 32.1 Å². The van der Waals surface area contributed by atoms with E-state index >= 15 is 0 Å². The second-order valence-electron chi connectivity index (χ2n) is 4.35. The first-order valence-electron chi connectivity index (χ1n) is 6.19. The second-order valence-corrected chi connectivity index (χ2v) is 4.35. The van der Waals surface area contributed by atoms with Gasteiger partial charge in [0.1, 0.15) is 0 Å². The molecule has 0 bridgehead atoms. The quantitative estimate of drug-likeness (QED) is 0.819. The van der Waals surface area contributed by atoms with Gasteiger partial charge in [0.2, 0.25) is 0 Å². The summed E-state index contributed by atoms with van der Waals surface area (Å²) in [6.07, 6.45) is -3.77. The van der Waals surface area contributed by atoms with Crippen LogP contribution in [0.3, 0.4) is 0 Å². The summed E-state index contributed by atoms with van der Waals surface area (Å²) in [6.45, 7) is 1.19. The van der Waals surface area contributed by atoms with Gasteiger partial charge in [0.15, 0.2) is 0 Å². The SMILES string of the molecule is CNCCCN(C)C(=O)Nc1ccccc1C(F)(F)F. The van der Waals surface area contributed by atoms with E-state index in [0.717, 1.165) is 19.0 Å². The fourth-order valence-electron chi connectivity index (χ4n) is 1.64. The summed E-state index contributed by atoms with van der Waals surface area (Å²) < 4.78 is 38.3. The number of carbonyl (C=O) groups is 1. The number of carbonyl (C=O) groups excluding carboxylic acids is 1. The normalized spacial score (nSPS) is 11.2. The van der Waals surface area contributed by atoms with Crippen molar-refractivity contribution in [2.75, 3.05) is 32.5 Å². The summed E-state index contributed by atoms with van der Waals surface area (Å²) in [5.74, 6) is 0. The Morgan fingerprint density at radius 2 is 1.95 bits per heavy atom. The Kier molecular flexibility index (Phi) is 5.82. The van der Waals surface area contributed by atoms with Crippen molar-refractivity contribution in [3.8, 4) is 0 Å². The van der Waals surface area contributed by atoms with Crippen LogP contribution < -0.4 is 10.6 Å². The number of para-hydroxylation sites is 1. The molecule has 7 heteroatoms. The molecule has 0 aliphatic heterocycles. The van der Waals surface area contributed by atoms with Crippen LogP contribution in [0, 0.1) is 0 Å². The molecule has 1 aromatic rings. The first-order valence-corrected chi connectivity index (χ1v) is 6.19. The Hall–Kier alpha value is -1.76. The molecule has 0 radical (unpaired) electrons. The first-order chi connectivity index (χ1) is 9.36. The lowest BCUT2D eigenvalue weighted by atomic mass is 10.1. The average Bonchev–Trinajstić information content (AvgIpc) is 2.38. The van der Waals surface area contributed by atoms with Gasteiger partial charge in [0.25, 0.3) is 0 Å². The molecule has 0 fully saturated rings. The molecule has 1 rings (SSSR count). The van der Waals surface area contributed by atoms with Gasteiger partial charge in [-0.15, -0.1) is 0 Å². The van der Waals surface area contributed by atoms with Gasteiger partial charge < -0.3 is 15.5 Å². The molecule has 0 aromatic heterocycles. The average molecular weight is 289 g/mol. The summed E-state index contributed by atoms with van der Waals surface area (Å²) >= 11 is 0. The maximum Gasteiger partial charge on any atom is 0.418 e. The summed E-state index contributed by atoms with van der Waals surface area (Å²) in [7, 11) is 3.33. The lowest BCUT2D eigenvalue weighted by molar-refractivity contribution is -0.136. The van der Waals surface area contributed by atoms with Crippen molar-refractivity contribution < 1.29 is 18.0 Å². The molecule has 0 heterocycles. The van der Waals surface area contributed by atoms with E-state index in [-0.39, 0.29) is 5.69 Å². The third-order valence-electron chi connectivity index (χ3n) is 2.74. The smallest absolute Gasteiger partial charge is 0.328 e. The Morgan fingerprint density at radius 3 is 2.55 bits per heavy atom. The highest BCUT2D eigenvalue weighted by atomic mass is 19.4. The zero-order chi connectivity index (χ0) is 15.2. The molecule has 1 aromatic carbocycles. The number of hydrogen-bond donors (Lipinski definition) is 2. The molecule has 0 unspecified atom stereocenters. The van der Waals surface area contributed by atoms with Crippen molar-refractivity contribution in [3.05, 3.63) is 29.8 Å². The van der Waals surface area contributed by atoms with Crippen molar-refractivity contribution in [3.63, 3.8) is 0 Å². The van der Waals surface area contributed by atoms with Gasteiger partial charge in [-0.2, -0.15) is 13.2 Å². The van der Waals surface area contributed by atoms with Gasteiger partial charge >= 0.3 is 12.2 Å². The molecular weight excluding hydrogens is 271 g/mol. The largest absolute Gasteiger partial charge is 0.418 e. The van der Waals surface area contributed by atoms with Gasteiger partial charge in [0.05, 0.1) is 11.3 Å². The van der Waals surface area contributed by atoms with Crippen LogP contribution in [-0.4, -0.2) is 38.1 Å². The highest BCUT2D eigenvalue weighted by Crippen LogP contribution is 2.34. The van der Waals surface area contributed by atoms with Gasteiger partial charge in [-0.25, -0.2) is 4.79 Å². The van der Waals surface area contributed by atoms with Gasteiger partial charge in [-0.1, -0.05) is 12.1 Å². The molecule has 112 valence electrons. The van der Waals surface area contributed by atoms with Crippen molar-refractivity contribution in [2.45, 2.75) is 12.6 Å². The predicted molar refractivity (Wildman–Crippen MR) is 71.6 cm³/mol. The highest BCUT2D eigenvalue weighted by Gasteiger charge is 2.33. The topological polar surface area (TPSA) is 44.4 Å². The van der Waals surface area contributed by atoms with Crippen LogP contribution in [0.1, 0.15) is 12.0 Å². The number of anilines is 1. The number of halogens is 3. The summed E-state index contributed by atoms with van der Waals surface area (Å²) in [5.41, 5.74) is -1.08. The fourth-order valence-corrected chi connectivity index (χ4v) is 1.64. The molecular formula is C13H18F3N3O. The minimum Gasteiger partial charge on any atom is -0.328 e. The van der Waals surface area contributed by atoms with Crippen molar-refractivity contribution in [1.82, 2.24) is 10.2 Å². The Labute approximate surface area is 116 Å². The lowest BCUT2D eigenvalue weighted by Crippen LogP contribution is -2.33. The van der Waals surface area contributed by atoms with Crippen molar-refractivity contribution in [2.24, 2.45) is 0 Å². The predicted octanol–water partition coefficient (Wildman–Crippen LogP) is 2.78. The van der Waals surface area contributed by atoms with E-state index < -0.39 is 17.8 Å². The molecule has 0 atom stereocenters. The summed E-state index contributed by atoms with van der Waals surface area (Å²) in [4.78, 5) is 13.2. The van der Waals surface area contributed by atoms with Gasteiger partial charge in [0, 0.05) is 13.6 Å². The Morgan fingerprint density at radius 1 is 1.30 bits per heavy atom. The molecule has 0 aliphatic rings. The first kappa shape index (κ1) is 16.3. The Balaban J connectivity index is 2.71. The third kappa shape index (κ3) is 4.73. The number of hydrogen-bond acceptors (Lipinski definition) is 2. The maximum absolute atomic E-state index is 12.8. The molecule has 4 nitrogen and oxygen atoms in total. The molecule has 0 saturated heterocycles. The number of nitrogens with zero attached hydrogens (tertiary/aromatic N) is 1. The number of nitrogens with one attached hydrogen (secondary N) is 2. The summed E-state index contributed by atoms with van der Waals surface area (Å²) in [5, 5.41) is 5.22. The van der Waals surface area contributed by atoms with Crippen LogP contribution in [0.15, 0.2) is 24.3 Å². The number of alkyl halides is 3. The molecule has 2 amide bonds. The van der Waals surface area contributed by atoms with Crippen molar-refractivity contribution in [1.29, 1.82) is 0 Å². The Bertz CT molecular complexity index is 449. The third-order valence-corrected chi connectivity index (χ3v) is 2.74. The summed E-state index contributed by atoms with van der Waals surface area (Å²) in [6, 6.07) is 4.36. The van der Waals surface area contributed by atoms with E-state index in [9.17, 15) is 18.0 Å². The zero-order valence-electron chi connectivity index (χ0n) is 11.4. The number of rotatable bonds is 5. The molecule has 0 aliphatic carbocycles. The van der Waals surface area contributed by atoms with Crippen LogP contribution in [0.25, 0.3) is 0 Å². The van der Waals surface area contributed by atoms with Crippen LogP contribution in [-0.2, 0) is 6.18 Å². The monoisotopic (exact) mass is 289 g/mol. The lowest BCUT2D eigenvalue weighted by Gasteiger charge is -2.19.